The van der Waals surface area contributed by atoms with E-state index in [9.17, 15) is 0 Å². The maximum atomic E-state index is 6.75. The van der Waals surface area contributed by atoms with E-state index in [1.54, 1.807) is 0 Å². The Morgan fingerprint density at radius 3 is 2.00 bits per heavy atom. The summed E-state index contributed by atoms with van der Waals surface area (Å²) in [5, 5.41) is 2.78. The third-order valence-electron chi connectivity index (χ3n) is 6.53. The molecule has 0 N–H and O–H groups in total. The van der Waals surface area contributed by atoms with Gasteiger partial charge in [0.05, 0.1) is 32.6 Å². The van der Waals surface area contributed by atoms with Gasteiger partial charge in [-0.25, -0.2) is 0 Å². The van der Waals surface area contributed by atoms with Crippen molar-refractivity contribution in [1.82, 2.24) is 9.57 Å². The summed E-state index contributed by atoms with van der Waals surface area (Å²) in [6.45, 7) is 6.75. The molecule has 2 saturated heterocycles. The quantitative estimate of drug-likeness (QED) is 0.606. The number of ether oxygens (including phenoxy) is 2. The van der Waals surface area contributed by atoms with E-state index in [-0.39, 0.29) is 0 Å². The van der Waals surface area contributed by atoms with Gasteiger partial charge in [-0.3, -0.25) is 4.67 Å². The summed E-state index contributed by atoms with van der Waals surface area (Å²) in [7, 11) is 0. The van der Waals surface area contributed by atoms with E-state index in [2.05, 4.69) is 76.3 Å². The van der Waals surface area contributed by atoms with Crippen molar-refractivity contribution >= 4 is 29.4 Å². The van der Waals surface area contributed by atoms with E-state index in [0.717, 1.165) is 65.4 Å². The lowest BCUT2D eigenvalue weighted by Crippen LogP contribution is -2.39. The van der Waals surface area contributed by atoms with Gasteiger partial charge < -0.3 is 14.4 Å². The van der Waals surface area contributed by atoms with Crippen LogP contribution in [0.25, 0.3) is 6.08 Å². The summed E-state index contributed by atoms with van der Waals surface area (Å²) >= 11 is 6.75. The molecule has 2 aliphatic heterocycles. The molecule has 0 radical (unpaired) electrons. The van der Waals surface area contributed by atoms with Gasteiger partial charge in [0.1, 0.15) is 0 Å². The summed E-state index contributed by atoms with van der Waals surface area (Å²) in [5.41, 5.74) is 4.08. The van der Waals surface area contributed by atoms with E-state index in [0.29, 0.717) is 0 Å². The van der Waals surface area contributed by atoms with Crippen LogP contribution in [0.2, 0.25) is 0 Å². The van der Waals surface area contributed by atoms with Crippen molar-refractivity contribution in [2.45, 2.75) is 12.8 Å². The highest BCUT2D eigenvalue weighted by atomic mass is 32.4. The molecule has 1 unspecified atom stereocenters. The molecule has 5 rings (SSSR count). The van der Waals surface area contributed by atoms with Gasteiger partial charge in [0.15, 0.2) is 0 Å². The number of nitrogens with zero attached hydrogens (tertiary/aromatic N) is 2. The van der Waals surface area contributed by atoms with Crippen molar-refractivity contribution in [3.05, 3.63) is 82.8 Å². The molecule has 2 fully saturated rings. The van der Waals surface area contributed by atoms with Crippen molar-refractivity contribution in [1.29, 1.82) is 0 Å². The Balaban J connectivity index is 1.67. The van der Waals surface area contributed by atoms with Crippen molar-refractivity contribution < 1.29 is 9.47 Å². The van der Waals surface area contributed by atoms with Crippen molar-refractivity contribution in [3.8, 4) is 0 Å². The van der Waals surface area contributed by atoms with Crippen LogP contribution in [0.4, 0.5) is 0 Å². The van der Waals surface area contributed by atoms with Gasteiger partial charge in [-0.2, -0.15) is 0 Å². The molecule has 2 heterocycles. The number of allylic oxidation sites excluding steroid dienone is 2. The first kappa shape index (κ1) is 22.1. The van der Waals surface area contributed by atoms with Crippen molar-refractivity contribution in [2.75, 3.05) is 52.6 Å². The van der Waals surface area contributed by atoms with Crippen molar-refractivity contribution in [3.63, 3.8) is 0 Å². The molecule has 0 aromatic heterocycles. The highest BCUT2D eigenvalue weighted by molar-refractivity contribution is 8.19. The molecule has 0 bridgehead atoms. The van der Waals surface area contributed by atoms with Gasteiger partial charge in [-0.05, 0) is 30.1 Å². The SMILES string of the molecule is S=P(C1=C(N2CCOCC2)/C(=C\c2ccccc2)CC1)(c1ccccc1)N1CCOCC1. The van der Waals surface area contributed by atoms with Crippen LogP contribution in [0.15, 0.2) is 77.2 Å². The average Bonchev–Trinajstić information content (AvgIpc) is 3.29. The lowest BCUT2D eigenvalue weighted by Gasteiger charge is -2.41. The van der Waals surface area contributed by atoms with E-state index in [1.807, 2.05) is 0 Å². The second-order valence-corrected chi connectivity index (χ2v) is 12.8. The van der Waals surface area contributed by atoms with Crippen LogP contribution in [0.3, 0.4) is 0 Å². The Morgan fingerprint density at radius 1 is 0.750 bits per heavy atom. The zero-order chi connectivity index (χ0) is 21.8. The molecular weight excluding hydrogens is 435 g/mol. The lowest BCUT2D eigenvalue weighted by molar-refractivity contribution is 0.0548. The fourth-order valence-electron chi connectivity index (χ4n) is 4.99. The van der Waals surface area contributed by atoms with Crippen LogP contribution in [-0.4, -0.2) is 62.2 Å². The average molecular weight is 467 g/mol. The van der Waals surface area contributed by atoms with Crippen LogP contribution in [-0.2, 0) is 21.3 Å². The van der Waals surface area contributed by atoms with Crippen LogP contribution < -0.4 is 5.30 Å². The monoisotopic (exact) mass is 466 g/mol. The molecule has 6 heteroatoms. The van der Waals surface area contributed by atoms with E-state index in [1.165, 1.54) is 27.5 Å². The first-order chi connectivity index (χ1) is 15.8. The Labute approximate surface area is 196 Å². The maximum absolute atomic E-state index is 6.75. The second-order valence-electron chi connectivity index (χ2n) is 8.45. The standard InChI is InChI=1S/C26H31N2O2PS/c32-31(24-9-5-2-6-10-24,28-15-19-30-20-16-28)25-12-11-23(21-22-7-3-1-4-8-22)26(25)27-13-17-29-18-14-27/h1-10,21H,11-20H2/b23-21-. The van der Waals surface area contributed by atoms with Gasteiger partial charge in [0, 0.05) is 42.5 Å². The zero-order valence-electron chi connectivity index (χ0n) is 18.5. The normalized spacial score (nSPS) is 23.5. The van der Waals surface area contributed by atoms with Crippen LogP contribution in [0.5, 0.6) is 0 Å². The molecule has 1 aliphatic carbocycles. The molecule has 0 spiro atoms. The highest BCUT2D eigenvalue weighted by Gasteiger charge is 2.39. The van der Waals surface area contributed by atoms with Crippen molar-refractivity contribution in [2.24, 2.45) is 0 Å². The Bertz CT molecular complexity index is 1030. The Hall–Kier alpha value is -1.75. The molecule has 0 amide bonds. The molecule has 2 aromatic rings. The first-order valence-corrected chi connectivity index (χ1v) is 14.3. The molecular formula is C26H31N2O2PS. The van der Waals surface area contributed by atoms with E-state index >= 15 is 0 Å². The third kappa shape index (κ3) is 4.37. The van der Waals surface area contributed by atoms with E-state index < -0.39 is 6.19 Å². The Kier molecular flexibility index (Phi) is 6.91. The number of rotatable bonds is 5. The second kappa shape index (κ2) is 10.0. The van der Waals surface area contributed by atoms with Gasteiger partial charge >= 0.3 is 0 Å². The maximum Gasteiger partial charge on any atom is 0.0693 e. The summed E-state index contributed by atoms with van der Waals surface area (Å²) in [6.07, 6.45) is 2.34. The minimum atomic E-state index is -2.12. The summed E-state index contributed by atoms with van der Waals surface area (Å²) in [4.78, 5) is 2.55. The van der Waals surface area contributed by atoms with Gasteiger partial charge in [-0.1, -0.05) is 72.5 Å². The Morgan fingerprint density at radius 2 is 1.34 bits per heavy atom. The van der Waals surface area contributed by atoms with Crippen LogP contribution in [0, 0.1) is 0 Å². The van der Waals surface area contributed by atoms with E-state index in [4.69, 9.17) is 21.3 Å². The lowest BCUT2D eigenvalue weighted by atomic mass is 10.1. The minimum Gasteiger partial charge on any atom is -0.379 e. The first-order valence-electron chi connectivity index (χ1n) is 11.6. The molecule has 1 atom stereocenters. The van der Waals surface area contributed by atoms with Crippen LogP contribution >= 0.6 is 6.19 Å². The smallest absolute Gasteiger partial charge is 0.0693 e. The van der Waals surface area contributed by atoms with Gasteiger partial charge in [-0.15, -0.1) is 0 Å². The summed E-state index contributed by atoms with van der Waals surface area (Å²) < 4.78 is 14.0. The topological polar surface area (TPSA) is 24.9 Å². The molecule has 3 aliphatic rings. The van der Waals surface area contributed by atoms with Gasteiger partial charge in [0.2, 0.25) is 0 Å². The number of morpholine rings is 2. The third-order valence-corrected chi connectivity index (χ3v) is 11.9. The largest absolute Gasteiger partial charge is 0.379 e. The molecule has 4 nitrogen and oxygen atoms in total. The zero-order valence-corrected chi connectivity index (χ0v) is 20.2. The predicted octanol–water partition coefficient (Wildman–Crippen LogP) is 4.46. The molecule has 2 aromatic carbocycles. The summed E-state index contributed by atoms with van der Waals surface area (Å²) in [6, 6.07) is 21.6. The number of hydrogen-bond acceptors (Lipinski definition) is 4. The fourth-order valence-corrected chi connectivity index (χ4v) is 9.65. The number of hydrogen-bond donors (Lipinski definition) is 0. The summed E-state index contributed by atoms with van der Waals surface area (Å²) in [5.74, 6) is 0. The van der Waals surface area contributed by atoms with Gasteiger partial charge in [0.25, 0.3) is 0 Å². The molecule has 32 heavy (non-hydrogen) atoms. The minimum absolute atomic E-state index is 0.762. The van der Waals surface area contributed by atoms with Crippen LogP contribution in [0.1, 0.15) is 18.4 Å². The molecule has 0 saturated carbocycles. The molecule has 168 valence electrons. The predicted molar refractivity (Wildman–Crippen MR) is 136 cm³/mol. The fraction of sp³-hybridized carbons (Fsp3) is 0.385. The number of benzene rings is 2. The highest BCUT2D eigenvalue weighted by Crippen LogP contribution is 2.62.